The van der Waals surface area contributed by atoms with Gasteiger partial charge in [0.2, 0.25) is 0 Å². The summed E-state index contributed by atoms with van der Waals surface area (Å²) < 4.78 is 1.40. The standard InChI is InChI=1S/C24H30N6O4/c1-6-25-23(33)27-16-9-7-8-15(10-16)26-21(31)17-11-18(14(4)5)28-20-19(17)22(32)29-24(34)30(20)12-13(2)3/h7-11,13-14H,6,12H2,1-5H3,(H,26,31)(H2,25,27,33)(H,29,32,34). The van der Waals surface area contributed by atoms with Crippen molar-refractivity contribution >= 4 is 34.3 Å². The normalized spacial score (nSPS) is 11.1. The van der Waals surface area contributed by atoms with Crippen molar-refractivity contribution in [2.75, 3.05) is 17.2 Å². The van der Waals surface area contributed by atoms with Crippen LogP contribution in [0.3, 0.4) is 0 Å². The molecule has 0 radical (unpaired) electrons. The number of anilines is 2. The van der Waals surface area contributed by atoms with Crippen LogP contribution in [0.5, 0.6) is 0 Å². The summed E-state index contributed by atoms with van der Waals surface area (Å²) in [6.07, 6.45) is 0. The summed E-state index contributed by atoms with van der Waals surface area (Å²) in [7, 11) is 0. The molecule has 0 unspecified atom stereocenters. The lowest BCUT2D eigenvalue weighted by molar-refractivity contribution is 0.102. The van der Waals surface area contributed by atoms with Crippen LogP contribution >= 0.6 is 0 Å². The maximum atomic E-state index is 13.3. The number of hydrogen-bond acceptors (Lipinski definition) is 5. The Balaban J connectivity index is 2.09. The third-order valence-electron chi connectivity index (χ3n) is 5.07. The van der Waals surface area contributed by atoms with Crippen molar-refractivity contribution in [3.05, 3.63) is 62.4 Å². The highest BCUT2D eigenvalue weighted by Gasteiger charge is 2.21. The number of nitrogens with zero attached hydrogens (tertiary/aromatic N) is 2. The molecule has 0 aliphatic heterocycles. The summed E-state index contributed by atoms with van der Waals surface area (Å²) in [5, 5.41) is 8.16. The van der Waals surface area contributed by atoms with E-state index in [1.54, 1.807) is 30.3 Å². The highest BCUT2D eigenvalue weighted by Crippen LogP contribution is 2.22. The van der Waals surface area contributed by atoms with Crippen LogP contribution in [0.1, 0.15) is 56.6 Å². The van der Waals surface area contributed by atoms with Crippen molar-refractivity contribution in [2.45, 2.75) is 47.1 Å². The molecule has 180 valence electrons. The van der Waals surface area contributed by atoms with Crippen LogP contribution in [-0.4, -0.2) is 33.0 Å². The second-order valence-corrected chi connectivity index (χ2v) is 8.73. The van der Waals surface area contributed by atoms with E-state index in [2.05, 4.69) is 25.9 Å². The summed E-state index contributed by atoms with van der Waals surface area (Å²) in [5.41, 5.74) is 0.596. The quantitative estimate of drug-likeness (QED) is 0.423. The zero-order chi connectivity index (χ0) is 25.0. The first kappa shape index (κ1) is 24.7. The molecule has 10 nitrogen and oxygen atoms in total. The van der Waals surface area contributed by atoms with E-state index in [0.29, 0.717) is 30.2 Å². The van der Waals surface area contributed by atoms with Crippen molar-refractivity contribution in [1.82, 2.24) is 19.9 Å². The molecule has 10 heteroatoms. The van der Waals surface area contributed by atoms with E-state index in [1.165, 1.54) is 4.57 Å². The number of aromatic amines is 1. The van der Waals surface area contributed by atoms with Gasteiger partial charge in [-0.15, -0.1) is 0 Å². The van der Waals surface area contributed by atoms with E-state index < -0.39 is 17.2 Å². The molecule has 0 bridgehead atoms. The largest absolute Gasteiger partial charge is 0.338 e. The Labute approximate surface area is 196 Å². The van der Waals surface area contributed by atoms with E-state index >= 15 is 0 Å². The number of urea groups is 1. The molecule has 3 rings (SSSR count). The SMILES string of the molecule is CCNC(=O)Nc1cccc(NC(=O)c2cc(C(C)C)nc3c2c(=O)[nH]c(=O)n3CC(C)C)c1. The molecule has 4 N–H and O–H groups in total. The predicted molar refractivity (Wildman–Crippen MR) is 133 cm³/mol. The first-order valence-corrected chi connectivity index (χ1v) is 11.2. The Hall–Kier alpha value is -3.95. The molecule has 3 amide bonds. The topological polar surface area (TPSA) is 138 Å². The Morgan fingerprint density at radius 1 is 1.06 bits per heavy atom. The van der Waals surface area contributed by atoms with Crippen molar-refractivity contribution in [1.29, 1.82) is 0 Å². The van der Waals surface area contributed by atoms with Crippen LogP contribution in [0.2, 0.25) is 0 Å². The lowest BCUT2D eigenvalue weighted by Gasteiger charge is -2.16. The van der Waals surface area contributed by atoms with Crippen molar-refractivity contribution in [2.24, 2.45) is 5.92 Å². The number of rotatable bonds is 7. The number of aromatic nitrogens is 3. The first-order valence-electron chi connectivity index (χ1n) is 11.2. The van der Waals surface area contributed by atoms with Gasteiger partial charge in [0.1, 0.15) is 0 Å². The molecule has 0 aliphatic rings. The minimum Gasteiger partial charge on any atom is -0.338 e. The molecule has 1 aromatic carbocycles. The van der Waals surface area contributed by atoms with Crippen LogP contribution < -0.4 is 27.2 Å². The van der Waals surface area contributed by atoms with E-state index in [4.69, 9.17) is 0 Å². The second-order valence-electron chi connectivity index (χ2n) is 8.73. The third kappa shape index (κ3) is 5.51. The van der Waals surface area contributed by atoms with Gasteiger partial charge >= 0.3 is 11.7 Å². The molecule has 0 atom stereocenters. The van der Waals surface area contributed by atoms with Crippen molar-refractivity contribution in [3.8, 4) is 0 Å². The Morgan fingerprint density at radius 2 is 1.74 bits per heavy atom. The van der Waals surface area contributed by atoms with Gasteiger partial charge in [-0.3, -0.25) is 19.1 Å². The molecular formula is C24H30N6O4. The van der Waals surface area contributed by atoms with Crippen LogP contribution in [0.25, 0.3) is 11.0 Å². The summed E-state index contributed by atoms with van der Waals surface area (Å²) in [4.78, 5) is 57.4. The van der Waals surface area contributed by atoms with Crippen LogP contribution in [0.15, 0.2) is 39.9 Å². The molecule has 0 spiro atoms. The monoisotopic (exact) mass is 466 g/mol. The van der Waals surface area contributed by atoms with Gasteiger partial charge in [0, 0.05) is 30.2 Å². The van der Waals surface area contributed by atoms with Crippen LogP contribution in [0.4, 0.5) is 16.2 Å². The third-order valence-corrected chi connectivity index (χ3v) is 5.07. The van der Waals surface area contributed by atoms with Gasteiger partial charge < -0.3 is 16.0 Å². The second kappa shape index (κ2) is 10.3. The molecule has 0 saturated heterocycles. The van der Waals surface area contributed by atoms with Gasteiger partial charge in [0.25, 0.3) is 11.5 Å². The van der Waals surface area contributed by atoms with Gasteiger partial charge in [-0.25, -0.2) is 14.6 Å². The average Bonchev–Trinajstić information content (AvgIpc) is 2.75. The lowest BCUT2D eigenvalue weighted by Crippen LogP contribution is -2.33. The number of benzene rings is 1. The van der Waals surface area contributed by atoms with E-state index in [0.717, 1.165) is 0 Å². The lowest BCUT2D eigenvalue weighted by atomic mass is 10.0. The van der Waals surface area contributed by atoms with Crippen molar-refractivity contribution in [3.63, 3.8) is 0 Å². The fraction of sp³-hybridized carbons (Fsp3) is 0.375. The predicted octanol–water partition coefficient (Wildman–Crippen LogP) is 3.26. The number of hydrogen-bond donors (Lipinski definition) is 4. The van der Waals surface area contributed by atoms with Gasteiger partial charge in [-0.1, -0.05) is 33.8 Å². The summed E-state index contributed by atoms with van der Waals surface area (Å²) in [6.45, 7) is 10.4. The van der Waals surface area contributed by atoms with Crippen molar-refractivity contribution < 1.29 is 9.59 Å². The summed E-state index contributed by atoms with van der Waals surface area (Å²) in [5.74, 6) is -0.444. The number of carbonyl (C=O) groups excluding carboxylic acids is 2. The van der Waals surface area contributed by atoms with E-state index in [1.807, 2.05) is 34.6 Å². The van der Waals surface area contributed by atoms with E-state index in [-0.39, 0.29) is 34.5 Å². The zero-order valence-corrected chi connectivity index (χ0v) is 20.0. The molecule has 2 heterocycles. The summed E-state index contributed by atoms with van der Waals surface area (Å²) >= 11 is 0. The van der Waals surface area contributed by atoms with Gasteiger partial charge in [-0.2, -0.15) is 0 Å². The van der Waals surface area contributed by atoms with Gasteiger partial charge in [-0.05, 0) is 43.0 Å². The van der Waals surface area contributed by atoms with Gasteiger partial charge in [0.15, 0.2) is 5.65 Å². The minimum atomic E-state index is -0.667. The highest BCUT2D eigenvalue weighted by molar-refractivity contribution is 6.12. The Kier molecular flexibility index (Phi) is 7.50. The first-order chi connectivity index (χ1) is 16.1. The molecule has 3 aromatic rings. The van der Waals surface area contributed by atoms with Crippen LogP contribution in [-0.2, 0) is 6.54 Å². The highest BCUT2D eigenvalue weighted by atomic mass is 16.2. The fourth-order valence-electron chi connectivity index (χ4n) is 3.51. The molecular weight excluding hydrogens is 436 g/mol. The number of carbonyl (C=O) groups is 2. The maximum Gasteiger partial charge on any atom is 0.330 e. The molecule has 0 saturated carbocycles. The summed E-state index contributed by atoms with van der Waals surface area (Å²) in [6, 6.07) is 7.89. The molecule has 2 aromatic heterocycles. The molecule has 0 aliphatic carbocycles. The van der Waals surface area contributed by atoms with E-state index in [9.17, 15) is 19.2 Å². The fourth-order valence-corrected chi connectivity index (χ4v) is 3.51. The molecule has 34 heavy (non-hydrogen) atoms. The zero-order valence-electron chi connectivity index (χ0n) is 20.0. The Morgan fingerprint density at radius 3 is 2.35 bits per heavy atom. The number of H-pyrrole nitrogens is 1. The van der Waals surface area contributed by atoms with Gasteiger partial charge in [0.05, 0.1) is 10.9 Å². The number of pyridine rings is 1. The maximum absolute atomic E-state index is 13.3. The Bertz CT molecular complexity index is 1340. The van der Waals surface area contributed by atoms with Crippen LogP contribution in [0, 0.1) is 5.92 Å². The smallest absolute Gasteiger partial charge is 0.330 e. The number of amides is 3. The average molecular weight is 467 g/mol. The molecule has 0 fully saturated rings. The minimum absolute atomic E-state index is 0.0394. The number of nitrogens with one attached hydrogen (secondary N) is 4. The number of fused-ring (bicyclic) bond motifs is 1.